The molecule has 0 saturated heterocycles. The van der Waals surface area contributed by atoms with Crippen molar-refractivity contribution >= 4 is 29.2 Å². The minimum atomic E-state index is -0.658. The van der Waals surface area contributed by atoms with E-state index >= 15 is 0 Å². The smallest absolute Gasteiger partial charge is 0.339 e. The lowest BCUT2D eigenvalue weighted by Crippen LogP contribution is -2.32. The molecule has 2 aromatic carbocycles. The quantitative estimate of drug-likeness (QED) is 0.753. The zero-order chi connectivity index (χ0) is 19.3. The number of esters is 1. The summed E-state index contributed by atoms with van der Waals surface area (Å²) in [6.07, 6.45) is -0.162. The number of hydrogen-bond donors (Lipinski definition) is 1. The average Bonchev–Trinajstić information content (AvgIpc) is 2.63. The summed E-state index contributed by atoms with van der Waals surface area (Å²) >= 11 is 5.99. The number of rotatable bonds is 6. The van der Waals surface area contributed by atoms with Gasteiger partial charge in [-0.25, -0.2) is 4.79 Å². The minimum absolute atomic E-state index is 0.190. The van der Waals surface area contributed by atoms with Gasteiger partial charge in [0, 0.05) is 5.69 Å². The summed E-state index contributed by atoms with van der Waals surface area (Å²) in [4.78, 5) is 24.3. The highest BCUT2D eigenvalue weighted by Crippen LogP contribution is 2.23. The molecule has 0 aliphatic heterocycles. The van der Waals surface area contributed by atoms with Gasteiger partial charge in [0.2, 0.25) is 0 Å². The standard InChI is InChI=1S/C20H22ClNO4/c1-5-18(26-15-8-6-12(2)13(3)10-15)19(23)22-14-7-9-17(21)16(11-14)20(24)25-4/h6-11,18H,5H2,1-4H3,(H,22,23)/t18-/m1/s1. The number of hydrogen-bond acceptors (Lipinski definition) is 4. The predicted octanol–water partition coefficient (Wildman–Crippen LogP) is 4.54. The van der Waals surface area contributed by atoms with Crippen LogP contribution in [0.3, 0.4) is 0 Å². The fraction of sp³-hybridized carbons (Fsp3) is 0.300. The molecule has 0 unspecified atom stereocenters. The molecule has 1 N–H and O–H groups in total. The summed E-state index contributed by atoms with van der Waals surface area (Å²) in [7, 11) is 1.27. The van der Waals surface area contributed by atoms with Gasteiger partial charge in [0.1, 0.15) is 5.75 Å². The Morgan fingerprint density at radius 1 is 1.12 bits per heavy atom. The van der Waals surface area contributed by atoms with Crippen LogP contribution < -0.4 is 10.1 Å². The fourth-order valence-electron chi connectivity index (χ4n) is 2.37. The topological polar surface area (TPSA) is 64.6 Å². The van der Waals surface area contributed by atoms with Crippen LogP contribution in [0.25, 0.3) is 0 Å². The molecular formula is C20H22ClNO4. The number of ether oxygens (including phenoxy) is 2. The average molecular weight is 376 g/mol. The van der Waals surface area contributed by atoms with E-state index in [-0.39, 0.29) is 16.5 Å². The molecule has 0 spiro atoms. The van der Waals surface area contributed by atoms with Crippen LogP contribution in [0.2, 0.25) is 5.02 Å². The molecule has 1 amide bonds. The molecule has 0 saturated carbocycles. The number of carbonyl (C=O) groups is 2. The summed E-state index contributed by atoms with van der Waals surface area (Å²) in [6.45, 7) is 5.88. The molecule has 0 aliphatic rings. The van der Waals surface area contributed by atoms with Crippen molar-refractivity contribution in [3.63, 3.8) is 0 Å². The van der Waals surface area contributed by atoms with Gasteiger partial charge in [0.05, 0.1) is 17.7 Å². The van der Waals surface area contributed by atoms with E-state index in [1.165, 1.54) is 19.2 Å². The number of aryl methyl sites for hydroxylation is 2. The third-order valence-electron chi connectivity index (χ3n) is 4.06. The minimum Gasteiger partial charge on any atom is -0.481 e. The molecular weight excluding hydrogens is 354 g/mol. The van der Waals surface area contributed by atoms with E-state index in [0.717, 1.165) is 11.1 Å². The van der Waals surface area contributed by atoms with E-state index < -0.39 is 12.1 Å². The zero-order valence-corrected chi connectivity index (χ0v) is 16.0. The molecule has 0 fully saturated rings. The highest BCUT2D eigenvalue weighted by molar-refractivity contribution is 6.33. The maximum atomic E-state index is 12.6. The number of nitrogens with one attached hydrogen (secondary N) is 1. The summed E-state index contributed by atoms with van der Waals surface area (Å²) in [5.41, 5.74) is 2.89. The number of methoxy groups -OCH3 is 1. The van der Waals surface area contributed by atoms with Crippen molar-refractivity contribution in [3.8, 4) is 5.75 Å². The molecule has 2 aromatic rings. The third kappa shape index (κ3) is 4.76. The van der Waals surface area contributed by atoms with Crippen LogP contribution in [0.15, 0.2) is 36.4 Å². The summed E-state index contributed by atoms with van der Waals surface area (Å²) < 4.78 is 10.5. The van der Waals surface area contributed by atoms with Crippen molar-refractivity contribution in [2.75, 3.05) is 12.4 Å². The van der Waals surface area contributed by atoms with Crippen molar-refractivity contribution in [1.82, 2.24) is 0 Å². The molecule has 26 heavy (non-hydrogen) atoms. The van der Waals surface area contributed by atoms with Crippen LogP contribution >= 0.6 is 11.6 Å². The van der Waals surface area contributed by atoms with Crippen LogP contribution in [-0.4, -0.2) is 25.1 Å². The van der Waals surface area contributed by atoms with Gasteiger partial charge < -0.3 is 14.8 Å². The lowest BCUT2D eigenvalue weighted by molar-refractivity contribution is -0.122. The van der Waals surface area contributed by atoms with E-state index in [0.29, 0.717) is 17.9 Å². The number of amides is 1. The highest BCUT2D eigenvalue weighted by atomic mass is 35.5. The molecule has 0 radical (unpaired) electrons. The molecule has 6 heteroatoms. The monoisotopic (exact) mass is 375 g/mol. The van der Waals surface area contributed by atoms with Crippen LogP contribution in [0, 0.1) is 13.8 Å². The number of benzene rings is 2. The van der Waals surface area contributed by atoms with E-state index in [4.69, 9.17) is 16.3 Å². The molecule has 0 aromatic heterocycles. The van der Waals surface area contributed by atoms with Gasteiger partial charge >= 0.3 is 5.97 Å². The van der Waals surface area contributed by atoms with E-state index in [2.05, 4.69) is 10.1 Å². The van der Waals surface area contributed by atoms with Crippen LogP contribution in [0.1, 0.15) is 34.8 Å². The summed E-state index contributed by atoms with van der Waals surface area (Å²) in [5.74, 6) is -0.227. The summed E-state index contributed by atoms with van der Waals surface area (Å²) in [6, 6.07) is 10.3. The molecule has 0 heterocycles. The lowest BCUT2D eigenvalue weighted by atomic mass is 10.1. The van der Waals surface area contributed by atoms with Crippen molar-refractivity contribution in [2.24, 2.45) is 0 Å². The normalized spacial score (nSPS) is 11.6. The van der Waals surface area contributed by atoms with Gasteiger partial charge in [-0.3, -0.25) is 4.79 Å². The molecule has 5 nitrogen and oxygen atoms in total. The second-order valence-electron chi connectivity index (χ2n) is 5.94. The zero-order valence-electron chi connectivity index (χ0n) is 15.3. The maximum absolute atomic E-state index is 12.6. The molecule has 138 valence electrons. The largest absolute Gasteiger partial charge is 0.481 e. The van der Waals surface area contributed by atoms with Crippen molar-refractivity contribution in [3.05, 3.63) is 58.1 Å². The first kappa shape index (κ1) is 19.8. The van der Waals surface area contributed by atoms with Crippen LogP contribution in [0.5, 0.6) is 5.75 Å². The molecule has 0 aliphatic carbocycles. The second-order valence-corrected chi connectivity index (χ2v) is 6.34. The van der Waals surface area contributed by atoms with Gasteiger partial charge in [0.15, 0.2) is 6.10 Å². The Balaban J connectivity index is 2.13. The molecule has 0 bridgehead atoms. The van der Waals surface area contributed by atoms with Gasteiger partial charge in [-0.15, -0.1) is 0 Å². The van der Waals surface area contributed by atoms with Crippen LogP contribution in [0.4, 0.5) is 5.69 Å². The Hall–Kier alpha value is -2.53. The Kier molecular flexibility index (Phi) is 6.64. The van der Waals surface area contributed by atoms with Crippen molar-refractivity contribution in [1.29, 1.82) is 0 Å². The van der Waals surface area contributed by atoms with Gasteiger partial charge in [-0.05, 0) is 61.7 Å². The number of anilines is 1. The Labute approximate surface area is 158 Å². The van der Waals surface area contributed by atoms with Crippen molar-refractivity contribution in [2.45, 2.75) is 33.3 Å². The Morgan fingerprint density at radius 3 is 2.46 bits per heavy atom. The van der Waals surface area contributed by atoms with Gasteiger partial charge in [-0.2, -0.15) is 0 Å². The number of halogens is 1. The van der Waals surface area contributed by atoms with Crippen LogP contribution in [-0.2, 0) is 9.53 Å². The lowest BCUT2D eigenvalue weighted by Gasteiger charge is -2.18. The van der Waals surface area contributed by atoms with Gasteiger partial charge in [0.25, 0.3) is 5.91 Å². The fourth-order valence-corrected chi connectivity index (χ4v) is 2.56. The first-order valence-electron chi connectivity index (χ1n) is 8.28. The van der Waals surface area contributed by atoms with E-state index in [1.807, 2.05) is 39.0 Å². The predicted molar refractivity (Wildman–Crippen MR) is 102 cm³/mol. The first-order chi connectivity index (χ1) is 12.3. The Bertz CT molecular complexity index is 819. The van der Waals surface area contributed by atoms with E-state index in [9.17, 15) is 9.59 Å². The summed E-state index contributed by atoms with van der Waals surface area (Å²) in [5, 5.41) is 3.01. The van der Waals surface area contributed by atoms with E-state index in [1.54, 1.807) is 6.07 Å². The second kappa shape index (κ2) is 8.72. The van der Waals surface area contributed by atoms with Gasteiger partial charge in [-0.1, -0.05) is 24.6 Å². The Morgan fingerprint density at radius 2 is 1.85 bits per heavy atom. The number of carbonyl (C=O) groups excluding carboxylic acids is 2. The highest BCUT2D eigenvalue weighted by Gasteiger charge is 2.20. The SMILES string of the molecule is CC[C@@H](Oc1ccc(C)c(C)c1)C(=O)Nc1ccc(Cl)c(C(=O)OC)c1. The van der Waals surface area contributed by atoms with Crippen molar-refractivity contribution < 1.29 is 19.1 Å². The third-order valence-corrected chi connectivity index (χ3v) is 4.39. The molecule has 1 atom stereocenters. The molecule has 2 rings (SSSR count). The maximum Gasteiger partial charge on any atom is 0.339 e. The first-order valence-corrected chi connectivity index (χ1v) is 8.66.